The number of carbonyl (C=O) groups is 1. The minimum atomic E-state index is -3.84. The highest BCUT2D eigenvalue weighted by Crippen LogP contribution is 2.29. The molecular weight excluding hydrogens is 330 g/mol. The van der Waals surface area contributed by atoms with E-state index in [1.54, 1.807) is 42.2 Å². The molecule has 1 saturated heterocycles. The Bertz CT molecular complexity index is 811. The summed E-state index contributed by atoms with van der Waals surface area (Å²) < 4.78 is 30.8. The van der Waals surface area contributed by atoms with Crippen LogP contribution in [0, 0.1) is 6.92 Å². The van der Waals surface area contributed by atoms with Crippen molar-refractivity contribution in [2.45, 2.75) is 30.8 Å². The Morgan fingerprint density at radius 2 is 1.92 bits per heavy atom. The fraction of sp³-hybridized carbons (Fsp3) is 0.438. The first-order chi connectivity index (χ1) is 11.5. The average Bonchev–Trinajstić information content (AvgIpc) is 3.19. The zero-order chi connectivity index (χ0) is 17.2. The molecule has 0 N–H and O–H groups in total. The van der Waals surface area contributed by atoms with Gasteiger partial charge in [0.15, 0.2) is 20.9 Å². The van der Waals surface area contributed by atoms with E-state index >= 15 is 0 Å². The molecule has 24 heavy (non-hydrogen) atoms. The number of aryl methyl sites for hydroxylation is 1. The second kappa shape index (κ2) is 6.72. The minimum Gasteiger partial charge on any atom is -0.341 e. The van der Waals surface area contributed by atoms with Gasteiger partial charge in [0.25, 0.3) is 0 Å². The quantitative estimate of drug-likeness (QED) is 0.815. The summed E-state index contributed by atoms with van der Waals surface area (Å²) in [5, 5.41) is 2.36. The van der Waals surface area contributed by atoms with E-state index in [-0.39, 0.29) is 11.8 Å². The van der Waals surface area contributed by atoms with E-state index in [4.69, 9.17) is 4.52 Å². The lowest BCUT2D eigenvalue weighted by Crippen LogP contribution is -2.36. The van der Waals surface area contributed by atoms with Crippen LogP contribution in [0.2, 0.25) is 0 Å². The smallest absolute Gasteiger partial charge is 0.245 e. The van der Waals surface area contributed by atoms with Crippen LogP contribution in [-0.4, -0.2) is 42.5 Å². The molecule has 1 atom stereocenters. The van der Waals surface area contributed by atoms with Gasteiger partial charge < -0.3 is 9.42 Å². The Labute approximate surface area is 140 Å². The number of hydrogen-bond donors (Lipinski definition) is 0. The van der Waals surface area contributed by atoms with Crippen LogP contribution in [0.25, 0.3) is 0 Å². The van der Waals surface area contributed by atoms with Crippen molar-refractivity contribution in [3.63, 3.8) is 0 Å². The van der Waals surface area contributed by atoms with E-state index < -0.39 is 20.8 Å². The molecule has 1 aliphatic rings. The lowest BCUT2D eigenvalue weighted by atomic mass is 10.1. The maximum atomic E-state index is 12.9. The van der Waals surface area contributed by atoms with Crippen LogP contribution in [0.5, 0.6) is 0 Å². The lowest BCUT2D eigenvalue weighted by molar-refractivity contribution is -0.129. The van der Waals surface area contributed by atoms with Gasteiger partial charge in [-0.15, -0.1) is 0 Å². The molecule has 0 aliphatic carbocycles. The Morgan fingerprint density at radius 1 is 1.25 bits per heavy atom. The van der Waals surface area contributed by atoms with Crippen LogP contribution in [0.1, 0.15) is 35.4 Å². The zero-order valence-electron chi connectivity index (χ0n) is 13.4. The predicted octanol–water partition coefficient (Wildman–Crippen LogP) is 1.66. The third-order valence-electron chi connectivity index (χ3n) is 4.00. The van der Waals surface area contributed by atoms with Crippen LogP contribution in [0.4, 0.5) is 0 Å². The number of aromatic nitrogens is 2. The van der Waals surface area contributed by atoms with E-state index in [1.165, 1.54) is 0 Å². The zero-order valence-corrected chi connectivity index (χ0v) is 14.2. The fourth-order valence-electron chi connectivity index (χ4n) is 2.89. The lowest BCUT2D eigenvalue weighted by Gasteiger charge is -2.23. The molecule has 1 aromatic heterocycles. The molecule has 2 heterocycles. The number of hydrogen-bond acceptors (Lipinski definition) is 6. The van der Waals surface area contributed by atoms with Crippen molar-refractivity contribution in [3.8, 4) is 0 Å². The van der Waals surface area contributed by atoms with Gasteiger partial charge in [0.2, 0.25) is 11.8 Å². The molecule has 1 aromatic carbocycles. The van der Waals surface area contributed by atoms with Gasteiger partial charge in [-0.25, -0.2) is 8.42 Å². The van der Waals surface area contributed by atoms with Crippen LogP contribution >= 0.6 is 0 Å². The summed E-state index contributed by atoms with van der Waals surface area (Å²) in [4.78, 5) is 18.4. The number of nitrogens with zero attached hydrogens (tertiary/aromatic N) is 3. The topological polar surface area (TPSA) is 93.4 Å². The predicted molar refractivity (Wildman–Crippen MR) is 86.7 cm³/mol. The Balaban J connectivity index is 1.95. The van der Waals surface area contributed by atoms with Crippen molar-refractivity contribution in [3.05, 3.63) is 47.6 Å². The van der Waals surface area contributed by atoms with Gasteiger partial charge in [0, 0.05) is 13.1 Å². The summed E-state index contributed by atoms with van der Waals surface area (Å²) in [6.07, 6.45) is 1.80. The number of amides is 1. The first-order valence-corrected chi connectivity index (χ1v) is 9.53. The second-order valence-electron chi connectivity index (χ2n) is 5.87. The van der Waals surface area contributed by atoms with E-state index in [9.17, 15) is 13.2 Å². The highest BCUT2D eigenvalue weighted by Gasteiger charge is 2.38. The summed E-state index contributed by atoms with van der Waals surface area (Å²) in [7, 11) is -3.84. The fourth-order valence-corrected chi connectivity index (χ4v) is 4.55. The van der Waals surface area contributed by atoms with Gasteiger partial charge in [-0.2, -0.15) is 4.98 Å². The van der Waals surface area contributed by atoms with Crippen molar-refractivity contribution in [1.29, 1.82) is 0 Å². The molecule has 7 nitrogen and oxygen atoms in total. The van der Waals surface area contributed by atoms with Crippen LogP contribution < -0.4 is 0 Å². The normalized spacial score (nSPS) is 16.3. The molecule has 1 aliphatic heterocycles. The molecule has 2 aromatic rings. The number of benzene rings is 1. The summed E-state index contributed by atoms with van der Waals surface area (Å²) in [6.45, 7) is 2.80. The van der Waals surface area contributed by atoms with Gasteiger partial charge >= 0.3 is 0 Å². The van der Waals surface area contributed by atoms with Gasteiger partial charge in [-0.3, -0.25) is 4.79 Å². The van der Waals surface area contributed by atoms with Crippen molar-refractivity contribution in [2.75, 3.05) is 13.1 Å². The van der Waals surface area contributed by atoms with E-state index in [1.807, 2.05) is 0 Å². The summed E-state index contributed by atoms with van der Waals surface area (Å²) >= 11 is 0. The van der Waals surface area contributed by atoms with Gasteiger partial charge in [-0.1, -0.05) is 35.5 Å². The third kappa shape index (κ3) is 3.48. The number of likely N-dealkylation sites (tertiary alicyclic amines) is 1. The minimum absolute atomic E-state index is 0.00246. The van der Waals surface area contributed by atoms with E-state index in [0.717, 1.165) is 12.8 Å². The number of carbonyl (C=O) groups excluding carboxylic acids is 1. The van der Waals surface area contributed by atoms with Crippen LogP contribution in [0.3, 0.4) is 0 Å². The first kappa shape index (κ1) is 16.6. The molecule has 3 rings (SSSR count). The Morgan fingerprint density at radius 3 is 2.50 bits per heavy atom. The number of sulfone groups is 1. The van der Waals surface area contributed by atoms with Gasteiger partial charge in [0.1, 0.15) is 5.75 Å². The largest absolute Gasteiger partial charge is 0.341 e. The molecule has 1 fully saturated rings. The van der Waals surface area contributed by atoms with E-state index in [2.05, 4.69) is 10.1 Å². The summed E-state index contributed by atoms with van der Waals surface area (Å²) in [5.41, 5.74) is 0.464. The van der Waals surface area contributed by atoms with Gasteiger partial charge in [0.05, 0.1) is 0 Å². The van der Waals surface area contributed by atoms with Crippen molar-refractivity contribution >= 4 is 15.7 Å². The second-order valence-corrected chi connectivity index (χ2v) is 7.95. The molecule has 1 amide bonds. The van der Waals surface area contributed by atoms with Gasteiger partial charge in [-0.05, 0) is 25.3 Å². The molecule has 0 saturated carbocycles. The molecule has 0 spiro atoms. The molecule has 8 heteroatoms. The van der Waals surface area contributed by atoms with E-state index in [0.29, 0.717) is 24.5 Å². The Hall–Kier alpha value is -2.22. The Kier molecular flexibility index (Phi) is 4.66. The maximum Gasteiger partial charge on any atom is 0.245 e. The molecule has 1 unspecified atom stereocenters. The van der Waals surface area contributed by atoms with Crippen LogP contribution in [-0.2, 0) is 20.4 Å². The number of rotatable bonds is 5. The first-order valence-electron chi connectivity index (χ1n) is 7.82. The van der Waals surface area contributed by atoms with Crippen molar-refractivity contribution < 1.29 is 17.7 Å². The molecule has 0 radical (unpaired) electrons. The highest BCUT2D eigenvalue weighted by atomic mass is 32.2. The monoisotopic (exact) mass is 349 g/mol. The van der Waals surface area contributed by atoms with Crippen molar-refractivity contribution in [2.24, 2.45) is 0 Å². The standard InChI is InChI=1S/C16H19N3O4S/c1-12-17-14(23-18-12)11-24(21,22)15(13-7-3-2-4-8-13)16(20)19-9-5-6-10-19/h2-4,7-8,15H,5-6,9-11H2,1H3. The summed E-state index contributed by atoms with van der Waals surface area (Å²) in [5.74, 6) is -0.465. The molecular formula is C16H19N3O4S. The highest BCUT2D eigenvalue weighted by molar-refractivity contribution is 7.91. The van der Waals surface area contributed by atoms with Crippen LogP contribution in [0.15, 0.2) is 34.9 Å². The van der Waals surface area contributed by atoms with Crippen molar-refractivity contribution in [1.82, 2.24) is 15.0 Å². The SMILES string of the molecule is Cc1noc(CS(=O)(=O)C(C(=O)N2CCCC2)c2ccccc2)n1. The summed E-state index contributed by atoms with van der Waals surface area (Å²) in [6, 6.07) is 8.57. The maximum absolute atomic E-state index is 12.9. The molecule has 128 valence electrons. The third-order valence-corrected chi connectivity index (χ3v) is 5.84. The molecule has 0 bridgehead atoms. The average molecular weight is 349 g/mol.